The van der Waals surface area contributed by atoms with E-state index in [1.165, 1.54) is 19.1 Å². The van der Waals surface area contributed by atoms with Crippen LogP contribution in [-0.2, 0) is 10.2 Å². The first-order valence-electron chi connectivity index (χ1n) is 11.1. The van der Waals surface area contributed by atoms with Crippen LogP contribution in [0.1, 0.15) is 43.7 Å². The molecule has 0 atom stereocenters. The average Bonchev–Trinajstić information content (AvgIpc) is 3.26. The monoisotopic (exact) mass is 464 g/mol. The Morgan fingerprint density at radius 1 is 1.00 bits per heavy atom. The number of ether oxygens (including phenoxy) is 2. The van der Waals surface area contributed by atoms with E-state index in [0.717, 1.165) is 11.4 Å². The summed E-state index contributed by atoms with van der Waals surface area (Å²) < 4.78 is 12.2. The van der Waals surface area contributed by atoms with Crippen molar-refractivity contribution in [1.82, 2.24) is 14.7 Å². The summed E-state index contributed by atoms with van der Waals surface area (Å²) in [5.74, 6) is 0.950. The highest BCUT2D eigenvalue weighted by atomic mass is 16.5. The molecule has 0 aliphatic carbocycles. The average molecular weight is 465 g/mol. The third-order valence-corrected chi connectivity index (χ3v) is 5.35. The number of hydrogen-bond acceptors (Lipinski definition) is 5. The number of likely N-dealkylation sites (N-methyl/N-ethyl adjacent to an activating group) is 1. The van der Waals surface area contributed by atoms with Crippen LogP contribution in [0.15, 0.2) is 54.6 Å². The smallest absolute Gasteiger partial charge is 0.254 e. The van der Waals surface area contributed by atoms with Gasteiger partial charge in [0.15, 0.2) is 0 Å². The molecule has 0 fully saturated rings. The summed E-state index contributed by atoms with van der Waals surface area (Å²) in [6, 6.07) is 16.4. The molecule has 2 amide bonds. The molecule has 3 aromatic rings. The van der Waals surface area contributed by atoms with E-state index in [2.05, 4.69) is 26.1 Å². The van der Waals surface area contributed by atoms with Crippen molar-refractivity contribution in [2.24, 2.45) is 0 Å². The van der Waals surface area contributed by atoms with E-state index in [-0.39, 0.29) is 23.8 Å². The SMILES string of the molecule is CCN(CC(=O)Nc1cc(C(C)(C)C)nn1-c1ccccc1)C(=O)c1cc(OC)cc(OC)c1. The molecule has 1 aromatic heterocycles. The Kier molecular flexibility index (Phi) is 7.61. The number of hydrogen-bond donors (Lipinski definition) is 1. The minimum atomic E-state index is -0.317. The lowest BCUT2D eigenvalue weighted by atomic mass is 9.92. The zero-order valence-electron chi connectivity index (χ0n) is 20.6. The van der Waals surface area contributed by atoms with Crippen LogP contribution in [0, 0.1) is 0 Å². The summed E-state index contributed by atoms with van der Waals surface area (Å²) >= 11 is 0. The number of rotatable bonds is 8. The largest absolute Gasteiger partial charge is 0.497 e. The number of nitrogens with zero attached hydrogens (tertiary/aromatic N) is 3. The molecule has 0 saturated carbocycles. The van der Waals surface area contributed by atoms with Gasteiger partial charge in [-0.15, -0.1) is 0 Å². The van der Waals surface area contributed by atoms with Crippen LogP contribution in [0.3, 0.4) is 0 Å². The predicted molar refractivity (Wildman–Crippen MR) is 132 cm³/mol. The maximum absolute atomic E-state index is 13.1. The van der Waals surface area contributed by atoms with Gasteiger partial charge in [0.2, 0.25) is 5.91 Å². The molecule has 34 heavy (non-hydrogen) atoms. The molecule has 0 radical (unpaired) electrons. The normalized spacial score (nSPS) is 11.1. The van der Waals surface area contributed by atoms with E-state index >= 15 is 0 Å². The number of methoxy groups -OCH3 is 2. The summed E-state index contributed by atoms with van der Waals surface area (Å²) in [6.45, 7) is 8.27. The van der Waals surface area contributed by atoms with Crippen LogP contribution in [0.5, 0.6) is 11.5 Å². The van der Waals surface area contributed by atoms with Crippen molar-refractivity contribution in [3.8, 4) is 17.2 Å². The minimum Gasteiger partial charge on any atom is -0.497 e. The maximum atomic E-state index is 13.1. The molecule has 0 unspecified atom stereocenters. The number of para-hydroxylation sites is 1. The second-order valence-corrected chi connectivity index (χ2v) is 8.88. The molecule has 3 rings (SSSR count). The van der Waals surface area contributed by atoms with Gasteiger partial charge in [-0.2, -0.15) is 5.10 Å². The Hall–Kier alpha value is -3.81. The van der Waals surface area contributed by atoms with Gasteiger partial charge < -0.3 is 19.7 Å². The fourth-order valence-electron chi connectivity index (χ4n) is 3.40. The Labute approximate surface area is 200 Å². The van der Waals surface area contributed by atoms with Crippen molar-refractivity contribution >= 4 is 17.6 Å². The lowest BCUT2D eigenvalue weighted by Crippen LogP contribution is -2.38. The van der Waals surface area contributed by atoms with Crippen LogP contribution < -0.4 is 14.8 Å². The molecule has 0 saturated heterocycles. The summed E-state index contributed by atoms with van der Waals surface area (Å²) in [4.78, 5) is 27.6. The second kappa shape index (κ2) is 10.4. The third kappa shape index (κ3) is 5.75. The molecule has 8 heteroatoms. The highest BCUT2D eigenvalue weighted by Gasteiger charge is 2.23. The van der Waals surface area contributed by atoms with E-state index in [1.807, 2.05) is 43.3 Å². The molecule has 8 nitrogen and oxygen atoms in total. The van der Waals surface area contributed by atoms with E-state index in [0.29, 0.717) is 29.4 Å². The van der Waals surface area contributed by atoms with Crippen molar-refractivity contribution in [1.29, 1.82) is 0 Å². The van der Waals surface area contributed by atoms with Crippen molar-refractivity contribution in [2.45, 2.75) is 33.1 Å². The van der Waals surface area contributed by atoms with E-state index in [4.69, 9.17) is 14.6 Å². The first kappa shape index (κ1) is 24.8. The van der Waals surface area contributed by atoms with Gasteiger partial charge in [-0.3, -0.25) is 9.59 Å². The summed E-state index contributed by atoms with van der Waals surface area (Å²) in [5, 5.41) is 7.65. The zero-order chi connectivity index (χ0) is 24.9. The molecule has 1 N–H and O–H groups in total. The molecule has 1 heterocycles. The molecular formula is C26H32N4O4. The zero-order valence-corrected chi connectivity index (χ0v) is 20.6. The van der Waals surface area contributed by atoms with Gasteiger partial charge in [0, 0.05) is 29.7 Å². The fourth-order valence-corrected chi connectivity index (χ4v) is 3.40. The number of amides is 2. The van der Waals surface area contributed by atoms with Crippen LogP contribution >= 0.6 is 0 Å². The number of nitrogens with one attached hydrogen (secondary N) is 1. The van der Waals surface area contributed by atoms with Crippen LogP contribution in [0.4, 0.5) is 5.82 Å². The molecular weight excluding hydrogens is 432 g/mol. The fraction of sp³-hybridized carbons (Fsp3) is 0.346. The van der Waals surface area contributed by atoms with Gasteiger partial charge in [0.05, 0.1) is 25.6 Å². The lowest BCUT2D eigenvalue weighted by Gasteiger charge is -2.21. The van der Waals surface area contributed by atoms with Crippen LogP contribution in [0.25, 0.3) is 5.69 Å². The quantitative estimate of drug-likeness (QED) is 0.538. The Morgan fingerprint density at radius 2 is 1.62 bits per heavy atom. The highest BCUT2D eigenvalue weighted by Crippen LogP contribution is 2.27. The Morgan fingerprint density at radius 3 is 2.15 bits per heavy atom. The van der Waals surface area contributed by atoms with Crippen LogP contribution in [0.2, 0.25) is 0 Å². The molecule has 0 aliphatic rings. The minimum absolute atomic E-state index is 0.111. The van der Waals surface area contributed by atoms with Crippen molar-refractivity contribution < 1.29 is 19.1 Å². The molecule has 180 valence electrons. The van der Waals surface area contributed by atoms with Gasteiger partial charge in [-0.25, -0.2) is 4.68 Å². The van der Waals surface area contributed by atoms with Crippen molar-refractivity contribution in [3.05, 3.63) is 65.9 Å². The van der Waals surface area contributed by atoms with E-state index < -0.39 is 0 Å². The summed E-state index contributed by atoms with van der Waals surface area (Å²) in [7, 11) is 3.05. The van der Waals surface area contributed by atoms with E-state index in [1.54, 1.807) is 22.9 Å². The maximum Gasteiger partial charge on any atom is 0.254 e. The van der Waals surface area contributed by atoms with Crippen LogP contribution in [-0.4, -0.2) is 53.8 Å². The van der Waals surface area contributed by atoms with Crippen molar-refractivity contribution in [3.63, 3.8) is 0 Å². The van der Waals surface area contributed by atoms with Gasteiger partial charge in [0.25, 0.3) is 5.91 Å². The Bertz CT molecular complexity index is 1130. The number of carbonyl (C=O) groups is 2. The highest BCUT2D eigenvalue weighted by molar-refractivity contribution is 5.99. The Balaban J connectivity index is 1.83. The first-order valence-corrected chi connectivity index (χ1v) is 11.1. The molecule has 2 aromatic carbocycles. The van der Waals surface area contributed by atoms with Crippen molar-refractivity contribution in [2.75, 3.05) is 32.6 Å². The molecule has 0 bridgehead atoms. The predicted octanol–water partition coefficient (Wildman–Crippen LogP) is 4.29. The number of aromatic nitrogens is 2. The van der Waals surface area contributed by atoms with Gasteiger partial charge in [0.1, 0.15) is 23.9 Å². The number of benzene rings is 2. The number of anilines is 1. The topological polar surface area (TPSA) is 85.7 Å². The molecule has 0 spiro atoms. The third-order valence-electron chi connectivity index (χ3n) is 5.35. The second-order valence-electron chi connectivity index (χ2n) is 8.88. The number of carbonyl (C=O) groups excluding carboxylic acids is 2. The van der Waals surface area contributed by atoms with Gasteiger partial charge >= 0.3 is 0 Å². The molecule has 0 aliphatic heterocycles. The standard InChI is InChI=1S/C26H32N4O4/c1-7-29(25(32)18-13-20(33-5)15-21(14-18)34-6)17-24(31)27-23-16-22(26(2,3)4)28-30(23)19-11-9-8-10-12-19/h8-16H,7,17H2,1-6H3,(H,27,31). The summed E-state index contributed by atoms with van der Waals surface area (Å²) in [6.07, 6.45) is 0. The van der Waals surface area contributed by atoms with Gasteiger partial charge in [-0.1, -0.05) is 39.0 Å². The van der Waals surface area contributed by atoms with E-state index in [9.17, 15) is 9.59 Å². The lowest BCUT2D eigenvalue weighted by molar-refractivity contribution is -0.116. The first-order chi connectivity index (χ1) is 16.2. The van der Waals surface area contributed by atoms with Gasteiger partial charge in [-0.05, 0) is 31.2 Å². The summed E-state index contributed by atoms with van der Waals surface area (Å²) in [5.41, 5.74) is 1.87.